The lowest BCUT2D eigenvalue weighted by Gasteiger charge is -2.41. The molecule has 1 heterocycles. The maximum Gasteiger partial charge on any atom is 0.250 e. The molecule has 3 atom stereocenters. The van der Waals surface area contributed by atoms with Crippen molar-refractivity contribution in [2.75, 3.05) is 5.01 Å². The van der Waals surface area contributed by atoms with Gasteiger partial charge < -0.3 is 0 Å². The number of hydrogen-bond donors (Lipinski definition) is 1. The Balaban J connectivity index is 1.96. The van der Waals surface area contributed by atoms with E-state index < -0.39 is 0 Å². The zero-order chi connectivity index (χ0) is 14.3. The van der Waals surface area contributed by atoms with Gasteiger partial charge in [-0.05, 0) is 31.4 Å². The van der Waals surface area contributed by atoms with Crippen molar-refractivity contribution >= 4 is 17.5 Å². The van der Waals surface area contributed by atoms with Gasteiger partial charge in [-0.2, -0.15) is 0 Å². The lowest BCUT2D eigenvalue weighted by Crippen LogP contribution is -2.61. The first-order chi connectivity index (χ1) is 9.58. The smallest absolute Gasteiger partial charge is 0.250 e. The molecule has 1 aliphatic carbocycles. The lowest BCUT2D eigenvalue weighted by molar-refractivity contribution is -0.141. The molecule has 1 N–H and O–H groups in total. The number of rotatable bonds is 1. The maximum absolute atomic E-state index is 12.7. The second-order valence-electron chi connectivity index (χ2n) is 5.69. The van der Waals surface area contributed by atoms with Crippen molar-refractivity contribution in [3.05, 3.63) is 42.0 Å². The van der Waals surface area contributed by atoms with E-state index in [1.807, 2.05) is 44.2 Å². The number of para-hydroxylation sites is 1. The Morgan fingerprint density at radius 3 is 2.60 bits per heavy atom. The van der Waals surface area contributed by atoms with Gasteiger partial charge in [0.25, 0.3) is 0 Å². The number of nitrogens with one attached hydrogen (secondary N) is 1. The van der Waals surface area contributed by atoms with Gasteiger partial charge in [0.05, 0.1) is 17.5 Å². The molecule has 2 amide bonds. The van der Waals surface area contributed by atoms with Crippen molar-refractivity contribution in [2.45, 2.75) is 20.3 Å². The van der Waals surface area contributed by atoms with Crippen molar-refractivity contribution < 1.29 is 9.59 Å². The molecular formula is C16H18N2O2. The van der Waals surface area contributed by atoms with Gasteiger partial charge in [0.1, 0.15) is 0 Å². The number of allylic oxidation sites excluding steroid dienone is 2. The Morgan fingerprint density at radius 2 is 1.90 bits per heavy atom. The summed E-state index contributed by atoms with van der Waals surface area (Å²) in [6.07, 6.45) is 2.79. The minimum absolute atomic E-state index is 0.0166. The summed E-state index contributed by atoms with van der Waals surface area (Å²) in [5.41, 5.74) is 4.64. The van der Waals surface area contributed by atoms with Crippen LogP contribution in [0.25, 0.3) is 0 Å². The number of hydrogen-bond acceptors (Lipinski definition) is 2. The van der Waals surface area contributed by atoms with E-state index >= 15 is 0 Å². The summed E-state index contributed by atoms with van der Waals surface area (Å²) < 4.78 is 0. The first-order valence-electron chi connectivity index (χ1n) is 6.94. The molecule has 20 heavy (non-hydrogen) atoms. The van der Waals surface area contributed by atoms with Gasteiger partial charge in [0, 0.05) is 0 Å². The molecule has 0 unspecified atom stereocenters. The van der Waals surface area contributed by atoms with Gasteiger partial charge in [-0.15, -0.1) is 0 Å². The highest BCUT2D eigenvalue weighted by molar-refractivity contribution is 6.04. The summed E-state index contributed by atoms with van der Waals surface area (Å²) in [4.78, 5) is 25.0. The average Bonchev–Trinajstić information content (AvgIpc) is 2.43. The van der Waals surface area contributed by atoms with Gasteiger partial charge in [0.2, 0.25) is 11.8 Å². The highest BCUT2D eigenvalue weighted by Crippen LogP contribution is 2.38. The number of anilines is 1. The van der Waals surface area contributed by atoms with E-state index in [0.29, 0.717) is 12.1 Å². The standard InChI is InChI=1S/C16H18N2O2/c1-10-8-11(2)14-13(9-10)15(19)17-18(16(14)20)12-6-4-3-5-7-12/h3-8,11,13-14H,9H2,1-2H3,(H,17,19)/t11-,13-,14-/m0/s1. The third kappa shape index (κ3) is 2.01. The third-order valence-electron chi connectivity index (χ3n) is 4.17. The van der Waals surface area contributed by atoms with E-state index in [2.05, 4.69) is 11.5 Å². The predicted molar refractivity (Wildman–Crippen MR) is 76.6 cm³/mol. The number of hydrazine groups is 1. The van der Waals surface area contributed by atoms with Crippen LogP contribution in [0.5, 0.6) is 0 Å². The first kappa shape index (κ1) is 12.9. The van der Waals surface area contributed by atoms with Crippen LogP contribution in [-0.4, -0.2) is 11.8 Å². The Morgan fingerprint density at radius 1 is 1.20 bits per heavy atom. The summed E-state index contributed by atoms with van der Waals surface area (Å²) in [6, 6.07) is 9.25. The summed E-state index contributed by atoms with van der Waals surface area (Å²) in [6.45, 7) is 4.04. The molecule has 1 aromatic rings. The third-order valence-corrected chi connectivity index (χ3v) is 4.17. The molecule has 104 valence electrons. The summed E-state index contributed by atoms with van der Waals surface area (Å²) in [7, 11) is 0. The molecule has 0 aromatic heterocycles. The van der Waals surface area contributed by atoms with Crippen molar-refractivity contribution in [2.24, 2.45) is 17.8 Å². The Kier molecular flexibility index (Phi) is 3.08. The molecule has 1 aliphatic heterocycles. The molecule has 2 aliphatic rings. The predicted octanol–water partition coefficient (Wildman–Crippen LogP) is 2.28. The maximum atomic E-state index is 12.7. The molecule has 1 aromatic carbocycles. The van der Waals surface area contributed by atoms with Gasteiger partial charge >= 0.3 is 0 Å². The second-order valence-corrected chi connectivity index (χ2v) is 5.69. The number of fused-ring (bicyclic) bond motifs is 1. The van der Waals surface area contributed by atoms with Crippen LogP contribution in [0.15, 0.2) is 42.0 Å². The monoisotopic (exact) mass is 270 g/mol. The molecule has 3 rings (SSSR count). The van der Waals surface area contributed by atoms with Crippen molar-refractivity contribution in [3.63, 3.8) is 0 Å². The van der Waals surface area contributed by atoms with E-state index in [4.69, 9.17) is 0 Å². The first-order valence-corrected chi connectivity index (χ1v) is 6.94. The van der Waals surface area contributed by atoms with E-state index in [9.17, 15) is 9.59 Å². The molecule has 1 saturated heterocycles. The van der Waals surface area contributed by atoms with Crippen molar-refractivity contribution in [1.29, 1.82) is 0 Å². The van der Waals surface area contributed by atoms with Gasteiger partial charge in [-0.25, -0.2) is 5.01 Å². The van der Waals surface area contributed by atoms with Crippen LogP contribution in [0, 0.1) is 17.8 Å². The van der Waals surface area contributed by atoms with Crippen LogP contribution in [0.2, 0.25) is 0 Å². The van der Waals surface area contributed by atoms with Gasteiger partial charge in [-0.3, -0.25) is 15.0 Å². The second kappa shape index (κ2) is 4.78. The largest absolute Gasteiger partial charge is 0.273 e. The van der Waals surface area contributed by atoms with E-state index in [1.54, 1.807) is 0 Å². The number of carbonyl (C=O) groups excluding carboxylic acids is 2. The van der Waals surface area contributed by atoms with E-state index in [-0.39, 0.29) is 29.6 Å². The molecule has 0 bridgehead atoms. The van der Waals surface area contributed by atoms with Crippen molar-refractivity contribution in [3.8, 4) is 0 Å². The summed E-state index contributed by atoms with van der Waals surface area (Å²) in [5.74, 6) is -0.469. The zero-order valence-electron chi connectivity index (χ0n) is 11.7. The molecule has 0 radical (unpaired) electrons. The van der Waals surface area contributed by atoms with E-state index in [0.717, 1.165) is 0 Å². The fraction of sp³-hybridized carbons (Fsp3) is 0.375. The number of carbonyl (C=O) groups is 2. The average molecular weight is 270 g/mol. The SMILES string of the molecule is CC1=C[C@H](C)[C@@H]2C(=O)N(c3ccccc3)NC(=O)[C@H]2C1. The highest BCUT2D eigenvalue weighted by Gasteiger charge is 2.46. The molecule has 4 heteroatoms. The Bertz CT molecular complexity index is 579. The Labute approximate surface area is 118 Å². The molecule has 0 saturated carbocycles. The number of benzene rings is 1. The van der Waals surface area contributed by atoms with Gasteiger partial charge in [-0.1, -0.05) is 36.8 Å². The number of nitrogens with zero attached hydrogens (tertiary/aromatic N) is 1. The quantitative estimate of drug-likeness (QED) is 0.796. The number of amides is 2. The van der Waals surface area contributed by atoms with Crippen LogP contribution in [0.1, 0.15) is 20.3 Å². The van der Waals surface area contributed by atoms with Crippen LogP contribution in [-0.2, 0) is 9.59 Å². The highest BCUT2D eigenvalue weighted by atomic mass is 16.2. The van der Waals surface area contributed by atoms with Crippen molar-refractivity contribution in [1.82, 2.24) is 5.43 Å². The molecular weight excluding hydrogens is 252 g/mol. The fourth-order valence-electron chi connectivity index (χ4n) is 3.28. The van der Waals surface area contributed by atoms with Gasteiger partial charge in [0.15, 0.2) is 0 Å². The molecule has 0 spiro atoms. The van der Waals surface area contributed by atoms with Crippen LogP contribution in [0.3, 0.4) is 0 Å². The van der Waals surface area contributed by atoms with Crippen LogP contribution >= 0.6 is 0 Å². The lowest BCUT2D eigenvalue weighted by atomic mass is 9.72. The summed E-state index contributed by atoms with van der Waals surface area (Å²) in [5, 5.41) is 1.40. The Hall–Kier alpha value is -2.10. The normalized spacial score (nSPS) is 29.6. The molecule has 4 nitrogen and oxygen atoms in total. The van der Waals surface area contributed by atoms with E-state index in [1.165, 1.54) is 10.6 Å². The fourth-order valence-corrected chi connectivity index (χ4v) is 3.28. The van der Waals surface area contributed by atoms with Crippen LogP contribution in [0.4, 0.5) is 5.69 Å². The minimum Gasteiger partial charge on any atom is -0.273 e. The zero-order valence-corrected chi connectivity index (χ0v) is 11.7. The molecule has 1 fully saturated rings. The topological polar surface area (TPSA) is 49.4 Å². The van der Waals surface area contributed by atoms with Crippen LogP contribution < -0.4 is 10.4 Å². The summed E-state index contributed by atoms with van der Waals surface area (Å²) >= 11 is 0. The minimum atomic E-state index is -0.257.